The second-order valence-electron chi connectivity index (χ2n) is 7.04. The molecule has 0 unspecified atom stereocenters. The van der Waals surface area contributed by atoms with Gasteiger partial charge in [0.1, 0.15) is 17.4 Å². The first-order chi connectivity index (χ1) is 13.3. The van der Waals surface area contributed by atoms with E-state index in [0.29, 0.717) is 5.69 Å². The van der Waals surface area contributed by atoms with Crippen LogP contribution in [0.15, 0.2) is 55.2 Å². The van der Waals surface area contributed by atoms with Crippen LogP contribution >= 0.6 is 0 Å². The minimum atomic E-state index is 0.401. The summed E-state index contributed by atoms with van der Waals surface area (Å²) in [6, 6.07) is 9.85. The molecule has 0 bridgehead atoms. The Labute approximate surface area is 156 Å². The summed E-state index contributed by atoms with van der Waals surface area (Å²) in [5.74, 6) is 0.881. The smallest absolute Gasteiger partial charge is 0.141 e. The van der Waals surface area contributed by atoms with Crippen LogP contribution in [-0.4, -0.2) is 24.1 Å². The van der Waals surface area contributed by atoms with Gasteiger partial charge in [0.05, 0.1) is 11.9 Å². The number of aromatic nitrogens is 5. The SMILES string of the molecule is N#Cc1ccc(-c2cnn(CCC3CC3)c2)c(-c2ccn3ccnc3c2)n1. The third-order valence-electron chi connectivity index (χ3n) is 5.09. The van der Waals surface area contributed by atoms with E-state index in [-0.39, 0.29) is 0 Å². The Kier molecular flexibility index (Phi) is 3.72. The molecule has 5 rings (SSSR count). The lowest BCUT2D eigenvalue weighted by Gasteiger charge is -2.08. The molecule has 1 fully saturated rings. The third-order valence-corrected chi connectivity index (χ3v) is 5.09. The number of imidazole rings is 1. The molecule has 132 valence electrons. The third kappa shape index (κ3) is 3.08. The summed E-state index contributed by atoms with van der Waals surface area (Å²) in [7, 11) is 0. The van der Waals surface area contributed by atoms with Crippen LogP contribution in [0.25, 0.3) is 28.0 Å². The van der Waals surface area contributed by atoms with E-state index in [1.807, 2.05) is 45.9 Å². The van der Waals surface area contributed by atoms with Crippen LogP contribution in [0.4, 0.5) is 0 Å². The van der Waals surface area contributed by atoms with Gasteiger partial charge in [-0.25, -0.2) is 9.97 Å². The predicted molar refractivity (Wildman–Crippen MR) is 102 cm³/mol. The lowest BCUT2D eigenvalue weighted by atomic mass is 10.0. The van der Waals surface area contributed by atoms with Crippen LogP contribution in [0.5, 0.6) is 0 Å². The molecule has 6 nitrogen and oxygen atoms in total. The Bertz CT molecular complexity index is 1160. The van der Waals surface area contributed by atoms with Gasteiger partial charge in [-0.05, 0) is 36.6 Å². The fourth-order valence-electron chi connectivity index (χ4n) is 3.38. The molecule has 0 amide bonds. The molecule has 4 aromatic rings. The fourth-order valence-corrected chi connectivity index (χ4v) is 3.38. The summed E-state index contributed by atoms with van der Waals surface area (Å²) in [6.07, 6.45) is 13.5. The molecular weight excluding hydrogens is 336 g/mol. The maximum absolute atomic E-state index is 9.30. The van der Waals surface area contributed by atoms with E-state index in [0.717, 1.165) is 40.5 Å². The molecule has 4 heterocycles. The van der Waals surface area contributed by atoms with Gasteiger partial charge in [-0.15, -0.1) is 0 Å². The standard InChI is InChI=1S/C21H18N6/c22-12-18-3-4-19(17-13-24-27(14-17)9-5-15-1-2-15)21(25-18)16-6-8-26-10-7-23-20(26)11-16/h3-4,6-8,10-11,13-15H,1-2,5,9H2. The van der Waals surface area contributed by atoms with Gasteiger partial charge in [-0.3, -0.25) is 4.68 Å². The maximum Gasteiger partial charge on any atom is 0.141 e. The van der Waals surface area contributed by atoms with Crippen LogP contribution in [0.2, 0.25) is 0 Å². The van der Waals surface area contributed by atoms with E-state index in [1.165, 1.54) is 19.3 Å². The molecule has 1 saturated carbocycles. The molecule has 0 atom stereocenters. The zero-order chi connectivity index (χ0) is 18.2. The number of nitriles is 1. The first kappa shape index (κ1) is 15.8. The van der Waals surface area contributed by atoms with Crippen molar-refractivity contribution < 1.29 is 0 Å². The van der Waals surface area contributed by atoms with Gasteiger partial charge in [0, 0.05) is 48.0 Å². The van der Waals surface area contributed by atoms with Crippen molar-refractivity contribution in [1.82, 2.24) is 24.1 Å². The van der Waals surface area contributed by atoms with Gasteiger partial charge in [0.2, 0.25) is 0 Å². The van der Waals surface area contributed by atoms with Crippen LogP contribution in [0.1, 0.15) is 25.0 Å². The van der Waals surface area contributed by atoms with Crippen molar-refractivity contribution in [2.45, 2.75) is 25.8 Å². The first-order valence-corrected chi connectivity index (χ1v) is 9.17. The summed E-state index contributed by atoms with van der Waals surface area (Å²) in [5, 5.41) is 13.8. The van der Waals surface area contributed by atoms with Crippen LogP contribution in [-0.2, 0) is 6.54 Å². The molecule has 0 spiro atoms. The van der Waals surface area contributed by atoms with Crippen molar-refractivity contribution in [2.24, 2.45) is 5.92 Å². The van der Waals surface area contributed by atoms with Gasteiger partial charge in [-0.2, -0.15) is 10.4 Å². The van der Waals surface area contributed by atoms with Crippen molar-refractivity contribution in [3.05, 3.63) is 60.9 Å². The molecule has 0 saturated heterocycles. The number of hydrogen-bond donors (Lipinski definition) is 0. The number of rotatable bonds is 5. The largest absolute Gasteiger partial charge is 0.307 e. The molecule has 0 radical (unpaired) electrons. The van der Waals surface area contributed by atoms with Crippen LogP contribution in [0, 0.1) is 17.2 Å². The van der Waals surface area contributed by atoms with Gasteiger partial charge in [0.15, 0.2) is 0 Å². The zero-order valence-corrected chi connectivity index (χ0v) is 14.8. The van der Waals surface area contributed by atoms with Crippen molar-refractivity contribution in [1.29, 1.82) is 5.26 Å². The van der Waals surface area contributed by atoms with Gasteiger partial charge in [-0.1, -0.05) is 12.8 Å². The number of fused-ring (bicyclic) bond motifs is 1. The second-order valence-corrected chi connectivity index (χ2v) is 7.04. The highest BCUT2D eigenvalue weighted by molar-refractivity contribution is 5.81. The molecule has 6 heteroatoms. The second kappa shape index (κ2) is 6.36. The van der Waals surface area contributed by atoms with Crippen LogP contribution < -0.4 is 0 Å². The van der Waals surface area contributed by atoms with E-state index >= 15 is 0 Å². The zero-order valence-electron chi connectivity index (χ0n) is 14.8. The van der Waals surface area contributed by atoms with Crippen molar-refractivity contribution >= 4 is 5.65 Å². The summed E-state index contributed by atoms with van der Waals surface area (Å²) < 4.78 is 3.96. The quantitative estimate of drug-likeness (QED) is 0.544. The van der Waals surface area contributed by atoms with E-state index < -0.39 is 0 Å². The minimum absolute atomic E-state index is 0.401. The Hall–Kier alpha value is -3.46. The van der Waals surface area contributed by atoms with E-state index in [1.54, 1.807) is 12.3 Å². The normalized spacial score (nSPS) is 13.7. The lowest BCUT2D eigenvalue weighted by molar-refractivity contribution is 0.547. The highest BCUT2D eigenvalue weighted by Crippen LogP contribution is 2.34. The van der Waals surface area contributed by atoms with E-state index in [2.05, 4.69) is 27.3 Å². The van der Waals surface area contributed by atoms with Crippen LogP contribution in [0.3, 0.4) is 0 Å². The molecule has 0 aromatic carbocycles. The number of aryl methyl sites for hydroxylation is 1. The van der Waals surface area contributed by atoms with E-state index in [9.17, 15) is 5.26 Å². The average Bonchev–Trinajstić information content (AvgIpc) is 3.22. The molecular formula is C21H18N6. The molecule has 4 aromatic heterocycles. The molecule has 1 aliphatic carbocycles. The minimum Gasteiger partial charge on any atom is -0.307 e. The Morgan fingerprint density at radius 2 is 2.07 bits per heavy atom. The number of pyridine rings is 2. The molecule has 1 aliphatic rings. The highest BCUT2D eigenvalue weighted by atomic mass is 15.3. The molecule has 27 heavy (non-hydrogen) atoms. The van der Waals surface area contributed by atoms with Crippen molar-refractivity contribution in [2.75, 3.05) is 0 Å². The number of hydrogen-bond acceptors (Lipinski definition) is 4. The van der Waals surface area contributed by atoms with Crippen molar-refractivity contribution in [3.8, 4) is 28.5 Å². The fraction of sp³-hybridized carbons (Fsp3) is 0.238. The summed E-state index contributed by atoms with van der Waals surface area (Å²) in [5.41, 5.74) is 4.96. The topological polar surface area (TPSA) is 71.8 Å². The maximum atomic E-state index is 9.30. The first-order valence-electron chi connectivity index (χ1n) is 9.17. The van der Waals surface area contributed by atoms with E-state index in [4.69, 9.17) is 0 Å². The van der Waals surface area contributed by atoms with Crippen molar-refractivity contribution in [3.63, 3.8) is 0 Å². The van der Waals surface area contributed by atoms with Gasteiger partial charge >= 0.3 is 0 Å². The number of nitrogens with zero attached hydrogens (tertiary/aromatic N) is 6. The predicted octanol–water partition coefficient (Wildman–Crippen LogP) is 3.93. The average molecular weight is 354 g/mol. The Morgan fingerprint density at radius 1 is 1.15 bits per heavy atom. The summed E-state index contributed by atoms with van der Waals surface area (Å²) >= 11 is 0. The van der Waals surface area contributed by atoms with Gasteiger partial charge < -0.3 is 4.40 Å². The molecule has 0 N–H and O–H groups in total. The highest BCUT2D eigenvalue weighted by Gasteiger charge is 2.21. The Balaban J connectivity index is 1.56. The lowest BCUT2D eigenvalue weighted by Crippen LogP contribution is -1.98. The molecule has 0 aliphatic heterocycles. The Morgan fingerprint density at radius 3 is 2.93 bits per heavy atom. The monoisotopic (exact) mass is 354 g/mol. The van der Waals surface area contributed by atoms with Gasteiger partial charge in [0.25, 0.3) is 0 Å². The summed E-state index contributed by atoms with van der Waals surface area (Å²) in [6.45, 7) is 0.948. The summed E-state index contributed by atoms with van der Waals surface area (Å²) in [4.78, 5) is 8.94.